The Bertz CT molecular complexity index is 883. The van der Waals surface area contributed by atoms with E-state index in [1.807, 2.05) is 0 Å². The summed E-state index contributed by atoms with van der Waals surface area (Å²) in [6.45, 7) is 0.336. The van der Waals surface area contributed by atoms with Gasteiger partial charge >= 0.3 is 0 Å². The molecule has 2 heterocycles. The smallest absolute Gasteiger partial charge is 0.273 e. The van der Waals surface area contributed by atoms with Crippen LogP contribution in [0.2, 0.25) is 0 Å². The molecular formula is C15H14FN5O2. The number of benzene rings is 1. The van der Waals surface area contributed by atoms with Gasteiger partial charge in [-0.3, -0.25) is 14.3 Å². The van der Waals surface area contributed by atoms with Crippen molar-refractivity contribution in [3.63, 3.8) is 0 Å². The number of nitrogens with one attached hydrogen (secondary N) is 2. The summed E-state index contributed by atoms with van der Waals surface area (Å²) in [5, 5.41) is 7.07. The number of aromatic amines is 1. The van der Waals surface area contributed by atoms with Crippen LogP contribution in [-0.4, -0.2) is 26.6 Å². The van der Waals surface area contributed by atoms with Crippen LogP contribution in [0.1, 0.15) is 16.9 Å². The van der Waals surface area contributed by atoms with Crippen molar-refractivity contribution in [3.05, 3.63) is 48.0 Å². The molecule has 0 unspecified atom stereocenters. The zero-order valence-electron chi connectivity index (χ0n) is 12.0. The summed E-state index contributed by atoms with van der Waals surface area (Å²) in [4.78, 5) is 25.8. The van der Waals surface area contributed by atoms with Gasteiger partial charge in [-0.05, 0) is 18.2 Å². The minimum Gasteiger partial charge on any atom is -0.370 e. The molecule has 0 spiro atoms. The molecule has 3 aromatic rings. The zero-order chi connectivity index (χ0) is 16.4. The molecule has 2 aromatic heterocycles. The van der Waals surface area contributed by atoms with Crippen molar-refractivity contribution < 1.29 is 14.0 Å². The standard InChI is InChI=1S/C15H14FN5O2/c16-10-2-1-3-11-9(10)8-12(18-11)15(23)19-14-5-7-21(20-14)6-4-13(17)22/h1-3,5,7-8,18H,4,6H2,(H2,17,22)(H,19,20,23). The lowest BCUT2D eigenvalue weighted by Crippen LogP contribution is -2.15. The normalized spacial score (nSPS) is 10.8. The highest BCUT2D eigenvalue weighted by molar-refractivity contribution is 6.05. The van der Waals surface area contributed by atoms with Crippen LogP contribution in [0.25, 0.3) is 10.9 Å². The molecule has 1 aromatic carbocycles. The largest absolute Gasteiger partial charge is 0.370 e. The number of aryl methyl sites for hydroxylation is 1. The molecule has 23 heavy (non-hydrogen) atoms. The molecule has 118 valence electrons. The third-order valence-corrected chi connectivity index (χ3v) is 3.33. The van der Waals surface area contributed by atoms with Gasteiger partial charge in [-0.1, -0.05) is 6.07 Å². The van der Waals surface area contributed by atoms with Crippen LogP contribution in [0.15, 0.2) is 36.5 Å². The van der Waals surface area contributed by atoms with E-state index in [0.29, 0.717) is 23.3 Å². The highest BCUT2D eigenvalue weighted by Crippen LogP contribution is 2.19. The summed E-state index contributed by atoms with van der Waals surface area (Å²) >= 11 is 0. The van der Waals surface area contributed by atoms with Crippen LogP contribution in [0, 0.1) is 5.82 Å². The summed E-state index contributed by atoms with van der Waals surface area (Å²) in [6, 6.07) is 7.63. The molecule has 8 heteroatoms. The van der Waals surface area contributed by atoms with Gasteiger partial charge in [0.1, 0.15) is 11.5 Å². The second-order valence-electron chi connectivity index (χ2n) is 5.02. The molecule has 2 amide bonds. The number of halogens is 1. The Balaban J connectivity index is 1.73. The van der Waals surface area contributed by atoms with Crippen molar-refractivity contribution in [1.82, 2.24) is 14.8 Å². The fourth-order valence-electron chi connectivity index (χ4n) is 2.20. The van der Waals surface area contributed by atoms with Gasteiger partial charge < -0.3 is 16.0 Å². The third kappa shape index (κ3) is 3.20. The lowest BCUT2D eigenvalue weighted by atomic mass is 10.2. The first kappa shape index (κ1) is 14.8. The summed E-state index contributed by atoms with van der Waals surface area (Å²) in [5.74, 6) is -0.918. The Kier molecular flexibility index (Phi) is 3.80. The van der Waals surface area contributed by atoms with Gasteiger partial charge in [0.05, 0.1) is 0 Å². The van der Waals surface area contributed by atoms with Gasteiger partial charge in [0.15, 0.2) is 5.82 Å². The summed E-state index contributed by atoms with van der Waals surface area (Å²) in [6.07, 6.45) is 1.79. The maximum atomic E-state index is 13.6. The van der Waals surface area contributed by atoms with Gasteiger partial charge in [-0.2, -0.15) is 5.10 Å². The highest BCUT2D eigenvalue weighted by atomic mass is 19.1. The van der Waals surface area contributed by atoms with E-state index in [9.17, 15) is 14.0 Å². The predicted octanol–water partition coefficient (Wildman–Crippen LogP) is 1.63. The van der Waals surface area contributed by atoms with Crippen LogP contribution in [-0.2, 0) is 11.3 Å². The molecule has 0 fully saturated rings. The number of primary amides is 1. The number of amides is 2. The zero-order valence-corrected chi connectivity index (χ0v) is 12.0. The van der Waals surface area contributed by atoms with Crippen molar-refractivity contribution in [1.29, 1.82) is 0 Å². The maximum Gasteiger partial charge on any atom is 0.273 e. The molecular weight excluding hydrogens is 301 g/mol. The molecule has 0 bridgehead atoms. The molecule has 0 aliphatic carbocycles. The number of hydrogen-bond acceptors (Lipinski definition) is 3. The molecule has 0 saturated carbocycles. The van der Waals surface area contributed by atoms with Crippen LogP contribution in [0.4, 0.5) is 10.2 Å². The highest BCUT2D eigenvalue weighted by Gasteiger charge is 2.13. The molecule has 0 atom stereocenters. The molecule has 3 rings (SSSR count). The lowest BCUT2D eigenvalue weighted by Gasteiger charge is -2.00. The Hall–Kier alpha value is -3.16. The van der Waals surface area contributed by atoms with Crippen molar-refractivity contribution >= 4 is 28.5 Å². The topological polar surface area (TPSA) is 106 Å². The molecule has 0 radical (unpaired) electrons. The molecule has 4 N–H and O–H groups in total. The second kappa shape index (κ2) is 5.91. The van der Waals surface area contributed by atoms with E-state index >= 15 is 0 Å². The number of carbonyl (C=O) groups is 2. The number of H-pyrrole nitrogens is 1. The van der Waals surface area contributed by atoms with Crippen molar-refractivity contribution in [2.24, 2.45) is 5.73 Å². The number of fused-ring (bicyclic) bond motifs is 1. The van der Waals surface area contributed by atoms with Crippen LogP contribution < -0.4 is 11.1 Å². The van der Waals surface area contributed by atoms with E-state index < -0.39 is 17.6 Å². The summed E-state index contributed by atoms with van der Waals surface area (Å²) < 4.78 is 15.1. The van der Waals surface area contributed by atoms with Gasteiger partial charge in [0, 0.05) is 36.1 Å². The minimum atomic E-state index is -0.430. The third-order valence-electron chi connectivity index (χ3n) is 3.33. The molecule has 7 nitrogen and oxygen atoms in total. The number of aromatic nitrogens is 3. The van der Waals surface area contributed by atoms with Crippen LogP contribution >= 0.6 is 0 Å². The Labute approximate surface area is 130 Å². The fraction of sp³-hybridized carbons (Fsp3) is 0.133. The molecule has 0 aliphatic heterocycles. The van der Waals surface area contributed by atoms with E-state index in [1.54, 1.807) is 24.4 Å². The first-order valence-corrected chi connectivity index (χ1v) is 6.93. The van der Waals surface area contributed by atoms with Gasteiger partial charge in [-0.15, -0.1) is 0 Å². The Morgan fingerprint density at radius 3 is 2.91 bits per heavy atom. The van der Waals surface area contributed by atoms with Crippen molar-refractivity contribution in [2.75, 3.05) is 5.32 Å². The summed E-state index contributed by atoms with van der Waals surface area (Å²) in [5.41, 5.74) is 5.85. The number of carbonyl (C=O) groups excluding carboxylic acids is 2. The van der Waals surface area contributed by atoms with Crippen molar-refractivity contribution in [2.45, 2.75) is 13.0 Å². The SMILES string of the molecule is NC(=O)CCn1ccc(NC(=O)c2cc3c(F)cccc3[nH]2)n1. The number of hydrogen-bond donors (Lipinski definition) is 3. The number of anilines is 1. The van der Waals surface area contributed by atoms with E-state index in [1.165, 1.54) is 16.8 Å². The Morgan fingerprint density at radius 2 is 2.17 bits per heavy atom. The summed E-state index contributed by atoms with van der Waals surface area (Å²) in [7, 11) is 0. The van der Waals surface area contributed by atoms with Crippen molar-refractivity contribution in [3.8, 4) is 0 Å². The Morgan fingerprint density at radius 1 is 1.35 bits per heavy atom. The second-order valence-corrected chi connectivity index (χ2v) is 5.02. The van der Waals surface area contributed by atoms with Gasteiger partial charge in [-0.25, -0.2) is 4.39 Å². The first-order valence-electron chi connectivity index (χ1n) is 6.93. The fourth-order valence-corrected chi connectivity index (χ4v) is 2.20. The predicted molar refractivity (Wildman–Crippen MR) is 82.2 cm³/mol. The molecule has 0 saturated heterocycles. The number of nitrogens with zero attached hydrogens (tertiary/aromatic N) is 2. The number of rotatable bonds is 5. The van der Waals surface area contributed by atoms with E-state index in [4.69, 9.17) is 5.73 Å². The number of nitrogens with two attached hydrogens (primary N) is 1. The van der Waals surface area contributed by atoms with Gasteiger partial charge in [0.25, 0.3) is 5.91 Å². The average Bonchev–Trinajstić information content (AvgIpc) is 3.12. The maximum absolute atomic E-state index is 13.6. The van der Waals surface area contributed by atoms with E-state index in [-0.39, 0.29) is 12.1 Å². The van der Waals surface area contributed by atoms with E-state index in [0.717, 1.165) is 0 Å². The monoisotopic (exact) mass is 315 g/mol. The van der Waals surface area contributed by atoms with Gasteiger partial charge in [0.2, 0.25) is 5.91 Å². The average molecular weight is 315 g/mol. The quantitative estimate of drug-likeness (QED) is 0.666. The minimum absolute atomic E-state index is 0.163. The first-order chi connectivity index (χ1) is 11.0. The van der Waals surface area contributed by atoms with Crippen LogP contribution in [0.5, 0.6) is 0 Å². The van der Waals surface area contributed by atoms with Crippen LogP contribution in [0.3, 0.4) is 0 Å². The van der Waals surface area contributed by atoms with E-state index in [2.05, 4.69) is 15.4 Å². The lowest BCUT2D eigenvalue weighted by molar-refractivity contribution is -0.118. The molecule has 0 aliphatic rings.